The Balaban J connectivity index is 2.35. The molecule has 3 rings (SSSR count). The smallest absolute Gasteiger partial charge is 0.355 e. The van der Waals surface area contributed by atoms with Crippen molar-refractivity contribution in [2.75, 3.05) is 13.2 Å². The van der Waals surface area contributed by atoms with Crippen molar-refractivity contribution in [3.05, 3.63) is 80.9 Å². The molecular weight excluding hydrogens is 440 g/mol. The average Bonchev–Trinajstić information content (AvgIpc) is 3.43. The lowest BCUT2D eigenvalue weighted by Crippen LogP contribution is -2.11. The Kier molecular flexibility index (Phi) is 8.96. The lowest BCUT2D eigenvalue weighted by Gasteiger charge is -2.20. The van der Waals surface area contributed by atoms with E-state index in [-0.39, 0.29) is 17.9 Å². The molecule has 0 radical (unpaired) electrons. The minimum atomic E-state index is -0.333. The summed E-state index contributed by atoms with van der Waals surface area (Å²) in [4.78, 5) is 32.7. The minimum absolute atomic E-state index is 0.206. The Bertz CT molecular complexity index is 1090. The molecule has 0 bridgehead atoms. The third-order valence-electron chi connectivity index (χ3n) is 6.59. The van der Waals surface area contributed by atoms with Gasteiger partial charge in [-0.25, -0.2) is 9.59 Å². The van der Waals surface area contributed by atoms with Crippen molar-refractivity contribution in [3.8, 4) is 0 Å². The first-order valence-corrected chi connectivity index (χ1v) is 12.8. The van der Waals surface area contributed by atoms with Gasteiger partial charge in [-0.15, -0.1) is 0 Å². The molecule has 0 unspecified atom stereocenters. The highest BCUT2D eigenvalue weighted by atomic mass is 16.5. The molecule has 1 aromatic carbocycles. The molecule has 0 amide bonds. The molecule has 2 heterocycles. The molecule has 0 saturated heterocycles. The summed E-state index contributed by atoms with van der Waals surface area (Å²) in [6.45, 7) is 12.6. The van der Waals surface area contributed by atoms with Crippen LogP contribution in [0.25, 0.3) is 0 Å². The average molecular weight is 479 g/mol. The van der Waals surface area contributed by atoms with E-state index in [4.69, 9.17) is 9.47 Å². The van der Waals surface area contributed by atoms with Gasteiger partial charge in [-0.05, 0) is 67.3 Å². The van der Waals surface area contributed by atoms with Gasteiger partial charge in [-0.3, -0.25) is 0 Å². The van der Waals surface area contributed by atoms with E-state index < -0.39 is 0 Å². The molecule has 6 heteroatoms. The Morgan fingerprint density at radius 2 is 1.06 bits per heavy atom. The van der Waals surface area contributed by atoms with Gasteiger partial charge in [0, 0.05) is 11.4 Å². The second-order valence-corrected chi connectivity index (χ2v) is 8.44. The van der Waals surface area contributed by atoms with E-state index >= 15 is 0 Å². The van der Waals surface area contributed by atoms with Crippen LogP contribution in [0.1, 0.15) is 108 Å². The van der Waals surface area contributed by atoms with Gasteiger partial charge in [0.2, 0.25) is 0 Å². The van der Waals surface area contributed by atoms with E-state index in [1.54, 1.807) is 0 Å². The van der Waals surface area contributed by atoms with Crippen LogP contribution in [0.2, 0.25) is 0 Å². The first-order valence-electron chi connectivity index (χ1n) is 12.8. The van der Waals surface area contributed by atoms with Crippen LogP contribution in [0.5, 0.6) is 0 Å². The number of H-pyrrole nitrogens is 2. The topological polar surface area (TPSA) is 84.2 Å². The van der Waals surface area contributed by atoms with Crippen LogP contribution in [-0.2, 0) is 35.2 Å². The summed E-state index contributed by atoms with van der Waals surface area (Å²) >= 11 is 0. The largest absolute Gasteiger partial charge is 0.461 e. The third kappa shape index (κ3) is 5.07. The molecule has 2 aromatic heterocycles. The highest BCUT2D eigenvalue weighted by Gasteiger charge is 2.32. The van der Waals surface area contributed by atoms with E-state index in [0.717, 1.165) is 64.9 Å². The number of hydrogen-bond donors (Lipinski definition) is 2. The maximum absolute atomic E-state index is 12.9. The SMILES string of the molecule is CCOC(=O)c1[nH]c(C(c2ccccc2)c2[nH]c(C(=O)OCC)c(CC)c2CC)c(CC)c1CC. The molecule has 0 spiro atoms. The Morgan fingerprint density at radius 1 is 0.657 bits per heavy atom. The molecule has 0 aliphatic rings. The van der Waals surface area contributed by atoms with Crippen LogP contribution in [0, 0.1) is 0 Å². The third-order valence-corrected chi connectivity index (χ3v) is 6.59. The van der Waals surface area contributed by atoms with Crippen LogP contribution in [0.3, 0.4) is 0 Å². The van der Waals surface area contributed by atoms with E-state index in [1.807, 2.05) is 32.0 Å². The summed E-state index contributed by atoms with van der Waals surface area (Å²) in [5, 5.41) is 0. The molecule has 2 N–H and O–H groups in total. The second kappa shape index (κ2) is 11.9. The number of esters is 2. The van der Waals surface area contributed by atoms with Gasteiger partial charge in [0.05, 0.1) is 19.1 Å². The van der Waals surface area contributed by atoms with Gasteiger partial charge in [0.1, 0.15) is 11.4 Å². The molecule has 35 heavy (non-hydrogen) atoms. The summed E-state index contributed by atoms with van der Waals surface area (Å²) in [7, 11) is 0. The number of aromatic amines is 2. The fourth-order valence-corrected chi connectivity index (χ4v) is 5.16. The van der Waals surface area contributed by atoms with E-state index in [0.29, 0.717) is 24.6 Å². The molecule has 3 aromatic rings. The minimum Gasteiger partial charge on any atom is -0.461 e. The molecule has 0 aliphatic heterocycles. The predicted octanol–water partition coefficient (Wildman–Crippen LogP) is 6.13. The van der Waals surface area contributed by atoms with E-state index in [9.17, 15) is 9.59 Å². The zero-order chi connectivity index (χ0) is 25.5. The zero-order valence-corrected chi connectivity index (χ0v) is 21.8. The number of rotatable bonds is 11. The summed E-state index contributed by atoms with van der Waals surface area (Å²) < 4.78 is 10.8. The Labute approximate surface area is 208 Å². The van der Waals surface area contributed by atoms with Crippen LogP contribution in [0.15, 0.2) is 30.3 Å². The van der Waals surface area contributed by atoms with Gasteiger partial charge in [-0.2, -0.15) is 0 Å². The first kappa shape index (κ1) is 26.3. The maximum atomic E-state index is 12.9. The molecule has 0 atom stereocenters. The Morgan fingerprint density at radius 3 is 1.40 bits per heavy atom. The molecule has 0 aliphatic carbocycles. The summed E-state index contributed by atoms with van der Waals surface area (Å²) in [5.74, 6) is -0.871. The van der Waals surface area contributed by atoms with Crippen molar-refractivity contribution in [1.29, 1.82) is 0 Å². The van der Waals surface area contributed by atoms with Crippen molar-refractivity contribution < 1.29 is 19.1 Å². The number of ether oxygens (including phenoxy) is 2. The normalized spacial score (nSPS) is 11.2. The number of carbonyl (C=O) groups is 2. The maximum Gasteiger partial charge on any atom is 0.355 e. The van der Waals surface area contributed by atoms with Crippen LogP contribution < -0.4 is 0 Å². The lowest BCUT2D eigenvalue weighted by molar-refractivity contribution is 0.0509. The van der Waals surface area contributed by atoms with E-state index in [2.05, 4.69) is 49.8 Å². The van der Waals surface area contributed by atoms with Crippen molar-refractivity contribution in [1.82, 2.24) is 9.97 Å². The van der Waals surface area contributed by atoms with Crippen LogP contribution in [-0.4, -0.2) is 35.1 Å². The summed E-state index contributed by atoms with van der Waals surface area (Å²) in [5.41, 5.74) is 8.28. The van der Waals surface area contributed by atoms with Gasteiger partial charge in [-0.1, -0.05) is 58.0 Å². The number of aromatic nitrogens is 2. The number of hydrogen-bond acceptors (Lipinski definition) is 4. The quantitative estimate of drug-likeness (QED) is 0.325. The zero-order valence-electron chi connectivity index (χ0n) is 21.8. The number of benzene rings is 1. The van der Waals surface area contributed by atoms with Crippen molar-refractivity contribution in [3.63, 3.8) is 0 Å². The van der Waals surface area contributed by atoms with Gasteiger partial charge < -0.3 is 19.4 Å². The van der Waals surface area contributed by atoms with Crippen molar-refractivity contribution in [2.45, 2.75) is 73.1 Å². The van der Waals surface area contributed by atoms with Crippen LogP contribution in [0.4, 0.5) is 0 Å². The monoisotopic (exact) mass is 478 g/mol. The highest BCUT2D eigenvalue weighted by molar-refractivity contribution is 5.91. The molecule has 0 fully saturated rings. The lowest BCUT2D eigenvalue weighted by atomic mass is 9.85. The Hall–Kier alpha value is -3.28. The summed E-state index contributed by atoms with van der Waals surface area (Å²) in [6, 6.07) is 10.2. The molecular formula is C29H38N2O4. The fourth-order valence-electron chi connectivity index (χ4n) is 5.16. The fraction of sp³-hybridized carbons (Fsp3) is 0.448. The van der Waals surface area contributed by atoms with Gasteiger partial charge in [0.25, 0.3) is 0 Å². The second-order valence-electron chi connectivity index (χ2n) is 8.44. The summed E-state index contributed by atoms with van der Waals surface area (Å²) in [6.07, 6.45) is 2.97. The molecule has 6 nitrogen and oxygen atoms in total. The van der Waals surface area contributed by atoms with Gasteiger partial charge in [0.15, 0.2) is 0 Å². The number of nitrogens with one attached hydrogen (secondary N) is 2. The number of carbonyl (C=O) groups excluding carboxylic acids is 2. The van der Waals surface area contributed by atoms with Crippen molar-refractivity contribution >= 4 is 11.9 Å². The van der Waals surface area contributed by atoms with Crippen LogP contribution >= 0.6 is 0 Å². The highest BCUT2D eigenvalue weighted by Crippen LogP contribution is 2.39. The standard InChI is InChI=1S/C29H38N2O4/c1-7-19-21(9-3)26(28(32)34-11-5)30-24(19)23(18-16-14-13-15-17-18)25-20(8-2)22(10-4)27(31-25)29(33)35-12-6/h13-17,23,30-31H,7-12H2,1-6H3. The predicted molar refractivity (Wildman–Crippen MR) is 138 cm³/mol. The first-order chi connectivity index (χ1) is 17.0. The van der Waals surface area contributed by atoms with Gasteiger partial charge >= 0.3 is 11.9 Å². The van der Waals surface area contributed by atoms with Crippen molar-refractivity contribution in [2.24, 2.45) is 0 Å². The van der Waals surface area contributed by atoms with E-state index in [1.165, 1.54) is 0 Å². The molecule has 0 saturated carbocycles. The molecule has 188 valence electrons.